The van der Waals surface area contributed by atoms with Gasteiger partial charge in [0.1, 0.15) is 18.5 Å². The zero-order valence-corrected chi connectivity index (χ0v) is 14.0. The van der Waals surface area contributed by atoms with Crippen LogP contribution in [0.4, 0.5) is 0 Å². The number of benzene rings is 1. The van der Waals surface area contributed by atoms with Gasteiger partial charge in [-0.1, -0.05) is 11.6 Å². The van der Waals surface area contributed by atoms with Gasteiger partial charge >= 0.3 is 0 Å². The Kier molecular flexibility index (Phi) is 6.92. The van der Waals surface area contributed by atoms with E-state index in [4.69, 9.17) is 21.1 Å². The standard InChI is InChI=1S/C16H25ClN2O3/c1-18(2)10-16-11-19(7-8-21-16)9-14(20)12-22-15-5-3-13(17)4-6-15/h3-6,14,16,20H,7-12H2,1-2H3/t14-,16-/m0/s1. The zero-order chi connectivity index (χ0) is 15.9. The Morgan fingerprint density at radius 3 is 2.82 bits per heavy atom. The molecule has 5 nitrogen and oxygen atoms in total. The predicted molar refractivity (Wildman–Crippen MR) is 87.7 cm³/mol. The molecule has 0 spiro atoms. The largest absolute Gasteiger partial charge is 0.491 e. The van der Waals surface area contributed by atoms with Crippen LogP contribution in [0, 0.1) is 0 Å². The molecule has 0 aliphatic carbocycles. The number of likely N-dealkylation sites (N-methyl/N-ethyl adjacent to an activating group) is 1. The molecule has 22 heavy (non-hydrogen) atoms. The number of β-amino-alcohol motifs (C(OH)–C–C–N with tert-alkyl or cyclic N) is 1. The SMILES string of the molecule is CN(C)C[C@H]1CN(C[C@H](O)COc2ccc(Cl)cc2)CCO1. The molecule has 2 atom stereocenters. The van der Waals surface area contributed by atoms with E-state index in [0.29, 0.717) is 18.2 Å². The Morgan fingerprint density at radius 2 is 2.14 bits per heavy atom. The summed E-state index contributed by atoms with van der Waals surface area (Å²) >= 11 is 5.83. The lowest BCUT2D eigenvalue weighted by atomic mass is 10.2. The van der Waals surface area contributed by atoms with Crippen molar-refractivity contribution in [3.63, 3.8) is 0 Å². The van der Waals surface area contributed by atoms with Crippen molar-refractivity contribution in [1.29, 1.82) is 0 Å². The van der Waals surface area contributed by atoms with Crippen LogP contribution >= 0.6 is 11.6 Å². The van der Waals surface area contributed by atoms with Gasteiger partial charge in [-0.15, -0.1) is 0 Å². The summed E-state index contributed by atoms with van der Waals surface area (Å²) in [7, 11) is 4.08. The molecule has 1 aliphatic rings. The van der Waals surface area contributed by atoms with Crippen LogP contribution in [0.25, 0.3) is 0 Å². The number of ether oxygens (including phenoxy) is 2. The fourth-order valence-corrected chi connectivity index (χ4v) is 2.66. The summed E-state index contributed by atoms with van der Waals surface area (Å²) in [6.07, 6.45) is -0.318. The molecule has 0 saturated carbocycles. The molecule has 1 saturated heterocycles. The lowest BCUT2D eigenvalue weighted by Crippen LogP contribution is -2.49. The predicted octanol–water partition coefficient (Wildman–Crippen LogP) is 1.34. The van der Waals surface area contributed by atoms with Gasteiger partial charge in [0.05, 0.1) is 12.7 Å². The van der Waals surface area contributed by atoms with Gasteiger partial charge in [0.25, 0.3) is 0 Å². The molecule has 1 N–H and O–H groups in total. The van der Waals surface area contributed by atoms with Gasteiger partial charge in [-0.3, -0.25) is 4.90 Å². The zero-order valence-electron chi connectivity index (χ0n) is 13.2. The van der Waals surface area contributed by atoms with Crippen LogP contribution in [-0.2, 0) is 4.74 Å². The first-order valence-corrected chi connectivity index (χ1v) is 7.96. The van der Waals surface area contributed by atoms with E-state index in [9.17, 15) is 5.11 Å². The quantitative estimate of drug-likeness (QED) is 0.818. The Labute approximate surface area is 137 Å². The molecule has 0 radical (unpaired) electrons. The fourth-order valence-electron chi connectivity index (χ4n) is 2.54. The number of hydrogen-bond acceptors (Lipinski definition) is 5. The number of morpholine rings is 1. The van der Waals surface area contributed by atoms with Crippen LogP contribution in [0.15, 0.2) is 24.3 Å². The molecule has 2 rings (SSSR count). The summed E-state index contributed by atoms with van der Waals surface area (Å²) in [6, 6.07) is 7.15. The van der Waals surface area contributed by atoms with Crippen molar-refractivity contribution < 1.29 is 14.6 Å². The maximum Gasteiger partial charge on any atom is 0.119 e. The molecule has 0 amide bonds. The van der Waals surface area contributed by atoms with Crippen molar-refractivity contribution in [3.8, 4) is 5.75 Å². The topological polar surface area (TPSA) is 45.2 Å². The maximum absolute atomic E-state index is 10.1. The number of rotatable bonds is 7. The minimum absolute atomic E-state index is 0.202. The number of halogens is 1. The molecule has 1 aromatic carbocycles. The van der Waals surface area contributed by atoms with Gasteiger partial charge in [-0.25, -0.2) is 0 Å². The molecule has 0 bridgehead atoms. The molecule has 1 heterocycles. The molecule has 0 aromatic heterocycles. The number of hydrogen-bond donors (Lipinski definition) is 1. The summed E-state index contributed by atoms with van der Waals surface area (Å²) in [6.45, 7) is 4.17. The van der Waals surface area contributed by atoms with Crippen molar-refractivity contribution in [2.75, 3.05) is 53.5 Å². The highest BCUT2D eigenvalue weighted by molar-refractivity contribution is 6.30. The maximum atomic E-state index is 10.1. The van der Waals surface area contributed by atoms with Crippen LogP contribution in [0.5, 0.6) is 5.75 Å². The molecule has 124 valence electrons. The molecular formula is C16H25ClN2O3. The summed E-state index contributed by atoms with van der Waals surface area (Å²) < 4.78 is 11.3. The first-order chi connectivity index (χ1) is 10.5. The van der Waals surface area contributed by atoms with E-state index in [-0.39, 0.29) is 12.7 Å². The monoisotopic (exact) mass is 328 g/mol. The normalized spacial score (nSPS) is 21.0. The highest BCUT2D eigenvalue weighted by Crippen LogP contribution is 2.16. The van der Waals surface area contributed by atoms with E-state index >= 15 is 0 Å². The average molecular weight is 329 g/mol. The van der Waals surface area contributed by atoms with Crippen molar-refractivity contribution in [2.24, 2.45) is 0 Å². The third-order valence-corrected chi connectivity index (χ3v) is 3.77. The van der Waals surface area contributed by atoms with Crippen LogP contribution in [0.3, 0.4) is 0 Å². The fraction of sp³-hybridized carbons (Fsp3) is 0.625. The smallest absolute Gasteiger partial charge is 0.119 e. The number of nitrogens with zero attached hydrogens (tertiary/aromatic N) is 2. The summed E-state index contributed by atoms with van der Waals surface area (Å²) in [4.78, 5) is 4.35. The van der Waals surface area contributed by atoms with Crippen LogP contribution in [-0.4, -0.2) is 80.6 Å². The Hall–Kier alpha value is -0.850. The van der Waals surface area contributed by atoms with Gasteiger partial charge in [-0.2, -0.15) is 0 Å². The highest BCUT2D eigenvalue weighted by atomic mass is 35.5. The van der Waals surface area contributed by atoms with E-state index in [2.05, 4.69) is 9.80 Å². The van der Waals surface area contributed by atoms with Gasteiger partial charge in [-0.05, 0) is 38.4 Å². The molecule has 1 fully saturated rings. The van der Waals surface area contributed by atoms with Crippen molar-refractivity contribution in [2.45, 2.75) is 12.2 Å². The molecule has 0 unspecified atom stereocenters. The van der Waals surface area contributed by atoms with Crippen molar-refractivity contribution >= 4 is 11.6 Å². The minimum atomic E-state index is -0.520. The summed E-state index contributed by atoms with van der Waals surface area (Å²) in [5.41, 5.74) is 0. The van der Waals surface area contributed by atoms with Crippen molar-refractivity contribution in [3.05, 3.63) is 29.3 Å². The molecule has 1 aliphatic heterocycles. The second-order valence-electron chi connectivity index (χ2n) is 5.93. The van der Waals surface area contributed by atoms with Gasteiger partial charge in [0.15, 0.2) is 0 Å². The molecular weight excluding hydrogens is 304 g/mol. The van der Waals surface area contributed by atoms with Crippen LogP contribution in [0.2, 0.25) is 5.02 Å². The van der Waals surface area contributed by atoms with Gasteiger partial charge in [0, 0.05) is 31.2 Å². The second-order valence-corrected chi connectivity index (χ2v) is 6.37. The van der Waals surface area contributed by atoms with Crippen LogP contribution < -0.4 is 4.74 Å². The van der Waals surface area contributed by atoms with E-state index in [1.54, 1.807) is 24.3 Å². The minimum Gasteiger partial charge on any atom is -0.491 e. The van der Waals surface area contributed by atoms with E-state index < -0.39 is 6.10 Å². The summed E-state index contributed by atoms with van der Waals surface area (Å²) in [5.74, 6) is 0.718. The van der Waals surface area contributed by atoms with Gasteiger partial charge in [0.2, 0.25) is 0 Å². The van der Waals surface area contributed by atoms with E-state index in [1.165, 1.54) is 0 Å². The molecule has 6 heteroatoms. The second kappa shape index (κ2) is 8.70. The number of aliphatic hydroxyl groups excluding tert-OH is 1. The third-order valence-electron chi connectivity index (χ3n) is 3.52. The first-order valence-electron chi connectivity index (χ1n) is 7.58. The number of aliphatic hydroxyl groups is 1. The lowest BCUT2D eigenvalue weighted by Gasteiger charge is -2.35. The molecule has 1 aromatic rings. The highest BCUT2D eigenvalue weighted by Gasteiger charge is 2.22. The van der Waals surface area contributed by atoms with Crippen LogP contribution in [0.1, 0.15) is 0 Å². The van der Waals surface area contributed by atoms with Crippen molar-refractivity contribution in [1.82, 2.24) is 9.80 Å². The van der Waals surface area contributed by atoms with Gasteiger partial charge < -0.3 is 19.5 Å². The Balaban J connectivity index is 1.71. The summed E-state index contributed by atoms with van der Waals surface area (Å²) in [5, 5.41) is 10.8. The van der Waals surface area contributed by atoms with E-state index in [1.807, 2.05) is 14.1 Å². The Bertz CT molecular complexity index is 442. The lowest BCUT2D eigenvalue weighted by molar-refractivity contribution is -0.0519. The van der Waals surface area contributed by atoms with E-state index in [0.717, 1.165) is 25.4 Å². The first kappa shape index (κ1) is 17.5. The average Bonchev–Trinajstić information content (AvgIpc) is 2.46. The Morgan fingerprint density at radius 1 is 1.41 bits per heavy atom. The third kappa shape index (κ3) is 6.10.